The predicted octanol–water partition coefficient (Wildman–Crippen LogP) is 2.23. The largest absolute Gasteiger partial charge is 0.325 e. The van der Waals surface area contributed by atoms with E-state index in [4.69, 9.17) is 0 Å². The lowest BCUT2D eigenvalue weighted by Crippen LogP contribution is -2.43. The van der Waals surface area contributed by atoms with Crippen molar-refractivity contribution in [1.29, 1.82) is 0 Å². The number of nitrogens with zero attached hydrogens (tertiary/aromatic N) is 1. The molecule has 1 atom stereocenters. The maximum absolute atomic E-state index is 12.8. The minimum Gasteiger partial charge on any atom is -0.325 e. The topological polar surface area (TPSA) is 44.4 Å². The van der Waals surface area contributed by atoms with Gasteiger partial charge in [0.2, 0.25) is 5.91 Å². The first-order valence-corrected chi connectivity index (χ1v) is 8.22. The van der Waals surface area contributed by atoms with E-state index in [1.807, 2.05) is 0 Å². The van der Waals surface area contributed by atoms with Gasteiger partial charge in [0.25, 0.3) is 0 Å². The molecule has 22 heavy (non-hydrogen) atoms. The SMILES string of the molecule is O=C(CN1CCC(C2CCCN2)CC1)Nc1ccc(F)cc1. The summed E-state index contributed by atoms with van der Waals surface area (Å²) < 4.78 is 12.8. The monoisotopic (exact) mass is 305 g/mol. The molecular weight excluding hydrogens is 281 g/mol. The Kier molecular flexibility index (Phi) is 5.05. The van der Waals surface area contributed by atoms with Crippen molar-refractivity contribution in [1.82, 2.24) is 10.2 Å². The van der Waals surface area contributed by atoms with E-state index in [9.17, 15) is 9.18 Å². The minimum atomic E-state index is -0.291. The summed E-state index contributed by atoms with van der Waals surface area (Å²) in [7, 11) is 0. The summed E-state index contributed by atoms with van der Waals surface area (Å²) in [6, 6.07) is 6.58. The first kappa shape index (κ1) is 15.4. The van der Waals surface area contributed by atoms with Crippen LogP contribution in [0.25, 0.3) is 0 Å². The second kappa shape index (κ2) is 7.20. The molecule has 0 bridgehead atoms. The fourth-order valence-electron chi connectivity index (χ4n) is 3.56. The van der Waals surface area contributed by atoms with Crippen LogP contribution in [0.5, 0.6) is 0 Å². The Bertz CT molecular complexity index is 491. The number of anilines is 1. The highest BCUT2D eigenvalue weighted by atomic mass is 19.1. The quantitative estimate of drug-likeness (QED) is 0.896. The average molecular weight is 305 g/mol. The second-order valence-electron chi connectivity index (χ2n) is 6.37. The van der Waals surface area contributed by atoms with E-state index in [1.54, 1.807) is 12.1 Å². The van der Waals surface area contributed by atoms with E-state index in [1.165, 1.54) is 37.8 Å². The highest BCUT2D eigenvalue weighted by molar-refractivity contribution is 5.92. The van der Waals surface area contributed by atoms with Gasteiger partial charge in [-0.05, 0) is 75.5 Å². The lowest BCUT2D eigenvalue weighted by Gasteiger charge is -2.34. The van der Waals surface area contributed by atoms with Gasteiger partial charge in [-0.2, -0.15) is 0 Å². The predicted molar refractivity (Wildman–Crippen MR) is 85.2 cm³/mol. The van der Waals surface area contributed by atoms with Crippen LogP contribution in [0.15, 0.2) is 24.3 Å². The number of piperidine rings is 1. The molecular formula is C17H24FN3O. The van der Waals surface area contributed by atoms with Crippen LogP contribution in [0.2, 0.25) is 0 Å². The van der Waals surface area contributed by atoms with Crippen LogP contribution in [0.1, 0.15) is 25.7 Å². The number of benzene rings is 1. The van der Waals surface area contributed by atoms with Gasteiger partial charge in [-0.3, -0.25) is 9.69 Å². The first-order valence-electron chi connectivity index (χ1n) is 8.22. The smallest absolute Gasteiger partial charge is 0.238 e. The van der Waals surface area contributed by atoms with Crippen molar-refractivity contribution in [2.24, 2.45) is 5.92 Å². The highest BCUT2D eigenvalue weighted by Gasteiger charge is 2.28. The number of carbonyl (C=O) groups excluding carboxylic acids is 1. The molecule has 3 rings (SSSR count). The number of nitrogens with one attached hydrogen (secondary N) is 2. The van der Waals surface area contributed by atoms with Gasteiger partial charge < -0.3 is 10.6 Å². The number of carbonyl (C=O) groups is 1. The summed E-state index contributed by atoms with van der Waals surface area (Å²) in [5.41, 5.74) is 0.649. The van der Waals surface area contributed by atoms with Crippen molar-refractivity contribution in [2.45, 2.75) is 31.7 Å². The Morgan fingerprint density at radius 3 is 2.59 bits per heavy atom. The summed E-state index contributed by atoms with van der Waals surface area (Å²) in [4.78, 5) is 14.3. The summed E-state index contributed by atoms with van der Waals surface area (Å²) in [5.74, 6) is 0.448. The van der Waals surface area contributed by atoms with Crippen LogP contribution >= 0.6 is 0 Å². The van der Waals surface area contributed by atoms with Gasteiger partial charge in [0.05, 0.1) is 6.54 Å². The van der Waals surface area contributed by atoms with E-state index in [0.29, 0.717) is 18.3 Å². The van der Waals surface area contributed by atoms with Crippen molar-refractivity contribution in [3.63, 3.8) is 0 Å². The molecule has 2 fully saturated rings. The van der Waals surface area contributed by atoms with Crippen LogP contribution in [0, 0.1) is 11.7 Å². The third-order valence-corrected chi connectivity index (χ3v) is 4.79. The van der Waals surface area contributed by atoms with Crippen molar-refractivity contribution in [3.8, 4) is 0 Å². The number of hydrogen-bond acceptors (Lipinski definition) is 3. The Balaban J connectivity index is 1.42. The van der Waals surface area contributed by atoms with E-state index < -0.39 is 0 Å². The highest BCUT2D eigenvalue weighted by Crippen LogP contribution is 2.25. The summed E-state index contributed by atoms with van der Waals surface area (Å²) in [6.07, 6.45) is 4.93. The Morgan fingerprint density at radius 2 is 1.95 bits per heavy atom. The van der Waals surface area contributed by atoms with Gasteiger partial charge in [-0.15, -0.1) is 0 Å². The van der Waals surface area contributed by atoms with E-state index in [-0.39, 0.29) is 11.7 Å². The lowest BCUT2D eigenvalue weighted by atomic mass is 9.88. The van der Waals surface area contributed by atoms with Gasteiger partial charge in [-0.25, -0.2) is 4.39 Å². The number of likely N-dealkylation sites (tertiary alicyclic amines) is 1. The van der Waals surface area contributed by atoms with Gasteiger partial charge >= 0.3 is 0 Å². The molecule has 1 aromatic rings. The van der Waals surface area contributed by atoms with E-state index in [2.05, 4.69) is 15.5 Å². The van der Waals surface area contributed by atoms with Crippen molar-refractivity contribution < 1.29 is 9.18 Å². The third-order valence-electron chi connectivity index (χ3n) is 4.79. The molecule has 2 saturated heterocycles. The van der Waals surface area contributed by atoms with Crippen LogP contribution < -0.4 is 10.6 Å². The molecule has 4 nitrogen and oxygen atoms in total. The van der Waals surface area contributed by atoms with Gasteiger partial charge in [0.15, 0.2) is 0 Å². The first-order chi connectivity index (χ1) is 10.7. The normalized spacial score (nSPS) is 23.6. The molecule has 1 aromatic carbocycles. The van der Waals surface area contributed by atoms with Crippen LogP contribution in [-0.2, 0) is 4.79 Å². The van der Waals surface area contributed by atoms with Crippen LogP contribution in [-0.4, -0.2) is 43.0 Å². The maximum atomic E-state index is 12.8. The number of halogens is 1. The number of rotatable bonds is 4. The molecule has 1 unspecified atom stereocenters. The fraction of sp³-hybridized carbons (Fsp3) is 0.588. The molecule has 2 N–H and O–H groups in total. The van der Waals surface area contributed by atoms with Crippen molar-refractivity contribution in [3.05, 3.63) is 30.1 Å². The van der Waals surface area contributed by atoms with Gasteiger partial charge in [0.1, 0.15) is 5.82 Å². The second-order valence-corrected chi connectivity index (χ2v) is 6.37. The molecule has 0 aromatic heterocycles. The summed E-state index contributed by atoms with van der Waals surface area (Å²) >= 11 is 0. The standard InChI is InChI=1S/C17H24FN3O/c18-14-3-5-15(6-4-14)20-17(22)12-21-10-7-13(8-11-21)16-2-1-9-19-16/h3-6,13,16,19H,1-2,7-12H2,(H,20,22). The van der Waals surface area contributed by atoms with E-state index >= 15 is 0 Å². The summed E-state index contributed by atoms with van der Waals surface area (Å²) in [5, 5.41) is 6.41. The maximum Gasteiger partial charge on any atom is 0.238 e. The molecule has 120 valence electrons. The van der Waals surface area contributed by atoms with Crippen LogP contribution in [0.4, 0.5) is 10.1 Å². The summed E-state index contributed by atoms with van der Waals surface area (Å²) in [6.45, 7) is 3.55. The Labute approximate surface area is 131 Å². The van der Waals surface area contributed by atoms with E-state index in [0.717, 1.165) is 25.6 Å². The molecule has 2 aliphatic heterocycles. The van der Waals surface area contributed by atoms with Crippen molar-refractivity contribution >= 4 is 11.6 Å². The third kappa shape index (κ3) is 4.05. The fourth-order valence-corrected chi connectivity index (χ4v) is 3.56. The zero-order valence-corrected chi connectivity index (χ0v) is 12.9. The Hall–Kier alpha value is -1.46. The number of hydrogen-bond donors (Lipinski definition) is 2. The molecule has 0 saturated carbocycles. The number of amides is 1. The Morgan fingerprint density at radius 1 is 1.23 bits per heavy atom. The zero-order chi connectivity index (χ0) is 15.4. The molecule has 1 amide bonds. The molecule has 0 radical (unpaired) electrons. The van der Waals surface area contributed by atoms with Gasteiger partial charge in [0, 0.05) is 11.7 Å². The minimum absolute atomic E-state index is 0.0240. The average Bonchev–Trinajstić information content (AvgIpc) is 3.05. The molecule has 0 spiro atoms. The van der Waals surface area contributed by atoms with Crippen molar-refractivity contribution in [2.75, 3.05) is 31.5 Å². The lowest BCUT2D eigenvalue weighted by molar-refractivity contribution is -0.117. The van der Waals surface area contributed by atoms with Gasteiger partial charge in [-0.1, -0.05) is 0 Å². The zero-order valence-electron chi connectivity index (χ0n) is 12.9. The molecule has 2 aliphatic rings. The molecule has 2 heterocycles. The molecule has 5 heteroatoms. The molecule has 0 aliphatic carbocycles. The van der Waals surface area contributed by atoms with Crippen LogP contribution in [0.3, 0.4) is 0 Å².